The van der Waals surface area contributed by atoms with Crippen LogP contribution in [0.2, 0.25) is 4.34 Å². The molecule has 25 heavy (non-hydrogen) atoms. The first-order valence-electron chi connectivity index (χ1n) is 7.78. The zero-order chi connectivity index (χ0) is 18.0. The highest BCUT2D eigenvalue weighted by Crippen LogP contribution is 2.32. The molecule has 1 saturated carbocycles. The van der Waals surface area contributed by atoms with E-state index < -0.39 is 10.0 Å². The number of halogens is 1. The van der Waals surface area contributed by atoms with E-state index in [2.05, 4.69) is 4.98 Å². The molecule has 6 nitrogen and oxygen atoms in total. The Balaban J connectivity index is 1.72. The number of carbonyl (C=O) groups excluding carboxylic acids is 1. The summed E-state index contributed by atoms with van der Waals surface area (Å²) in [4.78, 5) is 19.0. The second kappa shape index (κ2) is 7.41. The van der Waals surface area contributed by atoms with E-state index in [1.54, 1.807) is 19.2 Å². The van der Waals surface area contributed by atoms with Crippen molar-refractivity contribution in [1.29, 1.82) is 0 Å². The van der Waals surface area contributed by atoms with Crippen molar-refractivity contribution in [1.82, 2.24) is 14.2 Å². The van der Waals surface area contributed by atoms with Gasteiger partial charge in [-0.3, -0.25) is 9.78 Å². The van der Waals surface area contributed by atoms with E-state index in [0.717, 1.165) is 17.7 Å². The molecule has 3 rings (SSSR count). The lowest BCUT2D eigenvalue weighted by Crippen LogP contribution is -2.42. The van der Waals surface area contributed by atoms with E-state index in [9.17, 15) is 13.2 Å². The van der Waals surface area contributed by atoms with Gasteiger partial charge in [-0.1, -0.05) is 11.6 Å². The molecule has 1 fully saturated rings. The predicted molar refractivity (Wildman–Crippen MR) is 97.0 cm³/mol. The molecule has 0 N–H and O–H groups in total. The quantitative estimate of drug-likeness (QED) is 0.717. The maximum atomic E-state index is 12.8. The van der Waals surface area contributed by atoms with Crippen LogP contribution >= 0.6 is 22.9 Å². The van der Waals surface area contributed by atoms with E-state index >= 15 is 0 Å². The Morgan fingerprint density at radius 2 is 2.12 bits per heavy atom. The van der Waals surface area contributed by atoms with Crippen molar-refractivity contribution < 1.29 is 13.2 Å². The molecule has 0 bridgehead atoms. The third-order valence-corrected chi connectivity index (χ3v) is 7.03. The van der Waals surface area contributed by atoms with Crippen LogP contribution < -0.4 is 0 Å². The summed E-state index contributed by atoms with van der Waals surface area (Å²) in [5.41, 5.74) is 0. The Hall–Kier alpha value is -1.48. The number of likely N-dealkylation sites (N-methyl/N-ethyl adjacent to an activating group) is 1. The third kappa shape index (κ3) is 4.38. The van der Waals surface area contributed by atoms with Crippen molar-refractivity contribution in [3.63, 3.8) is 0 Å². The van der Waals surface area contributed by atoms with Crippen LogP contribution in [0.15, 0.2) is 41.6 Å². The molecule has 134 valence electrons. The zero-order valence-corrected chi connectivity index (χ0v) is 16.0. The molecule has 2 aromatic rings. The van der Waals surface area contributed by atoms with Gasteiger partial charge in [-0.2, -0.15) is 4.31 Å². The van der Waals surface area contributed by atoms with Crippen molar-refractivity contribution in [2.75, 3.05) is 13.6 Å². The average Bonchev–Trinajstić information content (AvgIpc) is 3.35. The fourth-order valence-corrected chi connectivity index (χ4v) is 5.16. The van der Waals surface area contributed by atoms with Crippen molar-refractivity contribution in [3.8, 4) is 0 Å². The summed E-state index contributed by atoms with van der Waals surface area (Å²) in [6.07, 6.45) is 4.38. The number of sulfonamides is 1. The first kappa shape index (κ1) is 18.3. The largest absolute Gasteiger partial charge is 0.339 e. The molecule has 0 aliphatic heterocycles. The van der Waals surface area contributed by atoms with Crippen LogP contribution in [0.3, 0.4) is 0 Å². The summed E-state index contributed by atoms with van der Waals surface area (Å²) in [6, 6.07) is 6.61. The molecule has 1 amide bonds. The van der Waals surface area contributed by atoms with Crippen molar-refractivity contribution in [2.24, 2.45) is 0 Å². The highest BCUT2D eigenvalue weighted by molar-refractivity contribution is 7.89. The molecule has 9 heteroatoms. The van der Waals surface area contributed by atoms with Gasteiger partial charge in [-0.05, 0) is 37.1 Å². The van der Waals surface area contributed by atoms with Gasteiger partial charge in [0.25, 0.3) is 0 Å². The lowest BCUT2D eigenvalue weighted by atomic mass is 10.4. The number of nitrogens with zero attached hydrogens (tertiary/aromatic N) is 3. The van der Waals surface area contributed by atoms with Gasteiger partial charge < -0.3 is 4.90 Å². The molecule has 0 aromatic carbocycles. The summed E-state index contributed by atoms with van der Waals surface area (Å²) < 4.78 is 27.6. The molecule has 0 saturated heterocycles. The third-order valence-electron chi connectivity index (χ3n) is 3.93. The highest BCUT2D eigenvalue weighted by atomic mass is 35.5. The SMILES string of the molecule is CN(Cc1ccc(Cl)s1)C(=O)CN(C1CC1)S(=O)(=O)c1cccnc1. The first-order chi connectivity index (χ1) is 11.9. The number of hydrogen-bond acceptors (Lipinski definition) is 5. The summed E-state index contributed by atoms with van der Waals surface area (Å²) in [6.45, 7) is 0.235. The van der Waals surface area contributed by atoms with E-state index in [1.165, 1.54) is 39.0 Å². The van der Waals surface area contributed by atoms with Crippen LogP contribution in [-0.4, -0.2) is 48.1 Å². The summed E-state index contributed by atoms with van der Waals surface area (Å²) in [7, 11) is -2.07. The molecule has 0 atom stereocenters. The molecular weight excluding hydrogens is 382 g/mol. The topological polar surface area (TPSA) is 70.6 Å². The Morgan fingerprint density at radius 3 is 2.68 bits per heavy atom. The second-order valence-corrected chi connectivity index (χ2v) is 9.62. The second-order valence-electron chi connectivity index (χ2n) is 5.93. The molecule has 2 aromatic heterocycles. The molecule has 1 aliphatic rings. The maximum Gasteiger partial charge on any atom is 0.245 e. The van der Waals surface area contributed by atoms with Gasteiger partial charge in [0, 0.05) is 30.4 Å². The van der Waals surface area contributed by atoms with Crippen LogP contribution in [-0.2, 0) is 21.4 Å². The number of pyridine rings is 1. The molecule has 2 heterocycles. The first-order valence-corrected chi connectivity index (χ1v) is 10.4. The van der Waals surface area contributed by atoms with Gasteiger partial charge in [0.1, 0.15) is 4.90 Å². The number of hydrogen-bond donors (Lipinski definition) is 0. The minimum Gasteiger partial charge on any atom is -0.339 e. The Bertz CT molecular complexity index is 851. The normalized spacial score (nSPS) is 14.7. The number of rotatable bonds is 7. The molecular formula is C16H18ClN3O3S2. The zero-order valence-electron chi connectivity index (χ0n) is 13.6. The summed E-state index contributed by atoms with van der Waals surface area (Å²) in [5, 5.41) is 0. The van der Waals surface area contributed by atoms with E-state index in [1.807, 2.05) is 6.07 Å². The fourth-order valence-electron chi connectivity index (χ4n) is 2.42. The van der Waals surface area contributed by atoms with Crippen LogP contribution in [0.1, 0.15) is 17.7 Å². The molecule has 0 unspecified atom stereocenters. The van der Waals surface area contributed by atoms with E-state index in [0.29, 0.717) is 10.9 Å². The van der Waals surface area contributed by atoms with Gasteiger partial charge in [0.05, 0.1) is 17.4 Å². The van der Waals surface area contributed by atoms with Gasteiger partial charge in [-0.25, -0.2) is 8.42 Å². The minimum absolute atomic E-state index is 0.112. The van der Waals surface area contributed by atoms with Gasteiger partial charge in [0.15, 0.2) is 0 Å². The number of thiophene rings is 1. The lowest BCUT2D eigenvalue weighted by molar-refractivity contribution is -0.130. The van der Waals surface area contributed by atoms with Crippen molar-refractivity contribution >= 4 is 38.9 Å². The van der Waals surface area contributed by atoms with Crippen LogP contribution in [0, 0.1) is 0 Å². The summed E-state index contributed by atoms with van der Waals surface area (Å²) in [5.74, 6) is -0.246. The van der Waals surface area contributed by atoms with E-state index in [4.69, 9.17) is 11.6 Å². The number of aromatic nitrogens is 1. The Kier molecular flexibility index (Phi) is 5.43. The van der Waals surface area contributed by atoms with Gasteiger partial charge in [0.2, 0.25) is 15.9 Å². The van der Waals surface area contributed by atoms with Crippen LogP contribution in [0.5, 0.6) is 0 Å². The monoisotopic (exact) mass is 399 g/mol. The Labute approximate surface area is 156 Å². The maximum absolute atomic E-state index is 12.8. The standard InChI is InChI=1S/C16H18ClN3O3S2/c1-19(10-13-6-7-15(17)24-13)16(21)11-20(12-4-5-12)25(22,23)14-3-2-8-18-9-14/h2-3,6-9,12H,4-5,10-11H2,1H3. The average molecular weight is 400 g/mol. The van der Waals surface area contributed by atoms with E-state index in [-0.39, 0.29) is 23.4 Å². The molecule has 1 aliphatic carbocycles. The lowest BCUT2D eigenvalue weighted by Gasteiger charge is -2.24. The number of carbonyl (C=O) groups is 1. The smallest absolute Gasteiger partial charge is 0.245 e. The van der Waals surface area contributed by atoms with Crippen LogP contribution in [0.25, 0.3) is 0 Å². The number of amides is 1. The van der Waals surface area contributed by atoms with Crippen molar-refractivity contribution in [2.45, 2.75) is 30.3 Å². The predicted octanol–water partition coefficient (Wildman–Crippen LogP) is 2.61. The van der Waals surface area contributed by atoms with Crippen molar-refractivity contribution in [3.05, 3.63) is 45.9 Å². The minimum atomic E-state index is -3.73. The van der Waals surface area contributed by atoms with Gasteiger partial charge in [-0.15, -0.1) is 11.3 Å². The van der Waals surface area contributed by atoms with Crippen LogP contribution in [0.4, 0.5) is 0 Å². The Morgan fingerprint density at radius 1 is 1.36 bits per heavy atom. The summed E-state index contributed by atoms with van der Waals surface area (Å²) >= 11 is 7.31. The molecule has 0 radical (unpaired) electrons. The fraction of sp³-hybridized carbons (Fsp3) is 0.375. The highest BCUT2D eigenvalue weighted by Gasteiger charge is 2.39. The van der Waals surface area contributed by atoms with Gasteiger partial charge >= 0.3 is 0 Å². The molecule has 0 spiro atoms.